The van der Waals surface area contributed by atoms with Crippen molar-refractivity contribution in [2.45, 2.75) is 44.0 Å². The van der Waals surface area contributed by atoms with E-state index in [-0.39, 0.29) is 27.7 Å². The number of tetrazole rings is 1. The minimum Gasteiger partial charge on any atom is -0.469 e. The lowest BCUT2D eigenvalue weighted by atomic mass is 9.88. The molecule has 0 saturated carbocycles. The highest BCUT2D eigenvalue weighted by atomic mass is 35.5. The summed E-state index contributed by atoms with van der Waals surface area (Å²) in [5.74, 6) is -1.77. The Morgan fingerprint density at radius 2 is 2.00 bits per heavy atom. The molecule has 1 aromatic heterocycles. The number of H-pyrrole nitrogens is 1. The predicted octanol–water partition coefficient (Wildman–Crippen LogP) is 3.15. The fourth-order valence-electron chi connectivity index (χ4n) is 3.62. The van der Waals surface area contributed by atoms with Crippen LogP contribution in [-0.4, -0.2) is 42.1 Å². The summed E-state index contributed by atoms with van der Waals surface area (Å²) in [5, 5.41) is 13.9. The molecule has 2 aromatic carbocycles. The van der Waals surface area contributed by atoms with Crippen LogP contribution in [0.25, 0.3) is 0 Å². The Kier molecular flexibility index (Phi) is 7.45. The number of aromatic amines is 1. The Labute approximate surface area is 195 Å². The van der Waals surface area contributed by atoms with Gasteiger partial charge in [0.2, 0.25) is 10.0 Å². The molecule has 3 aromatic rings. The van der Waals surface area contributed by atoms with E-state index in [0.717, 1.165) is 5.56 Å². The van der Waals surface area contributed by atoms with Gasteiger partial charge in [-0.2, -0.15) is 9.94 Å². The largest absolute Gasteiger partial charge is 0.469 e. The molecule has 0 fully saturated rings. The van der Waals surface area contributed by atoms with E-state index in [1.807, 2.05) is 6.92 Å². The molecule has 0 saturated heterocycles. The van der Waals surface area contributed by atoms with Gasteiger partial charge in [-0.15, -0.1) is 10.2 Å². The Balaban J connectivity index is 2.07. The zero-order valence-electron chi connectivity index (χ0n) is 18.4. The molecule has 12 heteroatoms. The molecule has 2 N–H and O–H groups in total. The summed E-state index contributed by atoms with van der Waals surface area (Å²) in [5.41, 5.74) is 2.02. The quantitative estimate of drug-likeness (QED) is 0.459. The number of methoxy groups -OCH3 is 1. The van der Waals surface area contributed by atoms with Gasteiger partial charge in [-0.05, 0) is 60.4 Å². The van der Waals surface area contributed by atoms with Crippen molar-refractivity contribution in [2.24, 2.45) is 0 Å². The molecule has 0 aliphatic carbocycles. The van der Waals surface area contributed by atoms with E-state index in [2.05, 4.69) is 30.1 Å². The fraction of sp³-hybridized carbons (Fsp3) is 0.333. The number of rotatable bonds is 8. The van der Waals surface area contributed by atoms with Crippen molar-refractivity contribution < 1.29 is 22.3 Å². The van der Waals surface area contributed by atoms with Crippen molar-refractivity contribution >= 4 is 27.6 Å². The molecule has 0 unspecified atom stereocenters. The molecule has 0 amide bonds. The molecule has 1 heterocycles. The zero-order valence-corrected chi connectivity index (χ0v) is 20.0. The Hall–Kier alpha value is -2.89. The van der Waals surface area contributed by atoms with E-state index >= 15 is 0 Å². The van der Waals surface area contributed by atoms with Crippen molar-refractivity contribution in [3.05, 3.63) is 69.2 Å². The molecule has 0 spiro atoms. The smallest absolute Gasteiger partial charge is 0.310 e. The van der Waals surface area contributed by atoms with Crippen molar-refractivity contribution in [1.82, 2.24) is 25.3 Å². The number of benzene rings is 2. The van der Waals surface area contributed by atoms with E-state index in [1.165, 1.54) is 31.4 Å². The normalized spacial score (nSPS) is 13.5. The lowest BCUT2D eigenvalue weighted by Crippen LogP contribution is -2.34. The third kappa shape index (κ3) is 5.37. The monoisotopic (exact) mass is 495 g/mol. The van der Waals surface area contributed by atoms with Gasteiger partial charge in [0.25, 0.3) is 0 Å². The van der Waals surface area contributed by atoms with Crippen LogP contribution in [0, 0.1) is 19.7 Å². The lowest BCUT2D eigenvalue weighted by molar-refractivity contribution is -0.139. The molecule has 2 atom stereocenters. The summed E-state index contributed by atoms with van der Waals surface area (Å²) in [6.45, 7) is 5.27. The van der Waals surface area contributed by atoms with Gasteiger partial charge >= 0.3 is 5.97 Å². The lowest BCUT2D eigenvalue weighted by Gasteiger charge is -2.25. The fourth-order valence-corrected chi connectivity index (χ4v) is 5.31. The first-order chi connectivity index (χ1) is 15.5. The molecule has 3 rings (SSSR count). The van der Waals surface area contributed by atoms with E-state index in [9.17, 15) is 17.6 Å². The first-order valence-corrected chi connectivity index (χ1v) is 11.8. The molecule has 0 aliphatic rings. The van der Waals surface area contributed by atoms with Crippen LogP contribution >= 0.6 is 11.6 Å². The van der Waals surface area contributed by atoms with Gasteiger partial charge in [0.1, 0.15) is 5.82 Å². The molecule has 33 heavy (non-hydrogen) atoms. The van der Waals surface area contributed by atoms with Gasteiger partial charge in [0, 0.05) is 10.9 Å². The number of halogens is 2. The Bertz CT molecular complexity index is 1270. The maximum absolute atomic E-state index is 14.8. The third-order valence-corrected chi connectivity index (χ3v) is 7.26. The molecule has 0 radical (unpaired) electrons. The van der Waals surface area contributed by atoms with Crippen molar-refractivity contribution in [3.8, 4) is 0 Å². The predicted molar refractivity (Wildman–Crippen MR) is 119 cm³/mol. The number of hydrogen-bond acceptors (Lipinski definition) is 7. The summed E-state index contributed by atoms with van der Waals surface area (Å²) in [6.07, 6.45) is -0.304. The standard InChI is InChI=1S/C21H23ClFN5O4S/c1-11-5-7-16(23)19(12(11)2)13(3)20(21-24-27-28-25-21)26-33(30,31)17-8-6-15(22)9-14(17)10-18(29)32-4/h5-9,13,20,26H,10H2,1-4H3,(H,24,25,27,28)/t13-,20+/m0/s1. The minimum absolute atomic E-state index is 0.0369. The van der Waals surface area contributed by atoms with E-state index in [1.54, 1.807) is 19.9 Å². The second-order valence-corrected chi connectivity index (χ2v) is 9.68. The summed E-state index contributed by atoms with van der Waals surface area (Å²) in [4.78, 5) is 11.7. The molecule has 0 aliphatic heterocycles. The van der Waals surface area contributed by atoms with Gasteiger partial charge in [-0.3, -0.25) is 4.79 Å². The molecule has 9 nitrogen and oxygen atoms in total. The second kappa shape index (κ2) is 9.94. The van der Waals surface area contributed by atoms with E-state index in [4.69, 9.17) is 11.6 Å². The van der Waals surface area contributed by atoms with Crippen LogP contribution in [0.3, 0.4) is 0 Å². The van der Waals surface area contributed by atoms with Crippen molar-refractivity contribution in [3.63, 3.8) is 0 Å². The minimum atomic E-state index is -4.24. The molecule has 176 valence electrons. The number of ether oxygens (including phenoxy) is 1. The Morgan fingerprint density at radius 3 is 2.64 bits per heavy atom. The van der Waals surface area contributed by atoms with Crippen LogP contribution in [0.5, 0.6) is 0 Å². The van der Waals surface area contributed by atoms with Crippen LogP contribution in [0.1, 0.15) is 47.0 Å². The number of carbonyl (C=O) groups excluding carboxylic acids is 1. The molecular formula is C21H23ClFN5O4S. The highest BCUT2D eigenvalue weighted by Crippen LogP contribution is 2.35. The van der Waals surface area contributed by atoms with E-state index < -0.39 is 33.8 Å². The van der Waals surface area contributed by atoms with Crippen LogP contribution in [0.2, 0.25) is 5.02 Å². The summed E-state index contributed by atoms with van der Waals surface area (Å²) >= 11 is 6.02. The Morgan fingerprint density at radius 1 is 1.27 bits per heavy atom. The van der Waals surface area contributed by atoms with Crippen LogP contribution < -0.4 is 4.72 Å². The number of nitrogens with one attached hydrogen (secondary N) is 2. The van der Waals surface area contributed by atoms with Crippen LogP contribution in [-0.2, 0) is 26.0 Å². The number of carbonyl (C=O) groups is 1. The van der Waals surface area contributed by atoms with Gasteiger partial charge in [0.15, 0.2) is 5.82 Å². The maximum atomic E-state index is 14.8. The van der Waals surface area contributed by atoms with Gasteiger partial charge in [0.05, 0.1) is 24.5 Å². The number of aryl methyl sites for hydroxylation is 1. The summed E-state index contributed by atoms with van der Waals surface area (Å²) in [6, 6.07) is 5.99. The van der Waals surface area contributed by atoms with Crippen molar-refractivity contribution in [2.75, 3.05) is 7.11 Å². The van der Waals surface area contributed by atoms with Crippen LogP contribution in [0.15, 0.2) is 35.2 Å². The highest BCUT2D eigenvalue weighted by Gasteiger charge is 2.33. The van der Waals surface area contributed by atoms with E-state index in [0.29, 0.717) is 11.1 Å². The van der Waals surface area contributed by atoms with Crippen molar-refractivity contribution in [1.29, 1.82) is 0 Å². The average molecular weight is 496 g/mol. The third-order valence-electron chi connectivity index (χ3n) is 5.48. The number of esters is 1. The maximum Gasteiger partial charge on any atom is 0.310 e. The highest BCUT2D eigenvalue weighted by molar-refractivity contribution is 7.89. The average Bonchev–Trinajstić information content (AvgIpc) is 3.29. The SMILES string of the molecule is COC(=O)Cc1cc(Cl)ccc1S(=O)(=O)N[C@@H](c1nn[nH]n1)[C@@H](C)c1c(F)ccc(C)c1C. The number of hydrogen-bond donors (Lipinski definition) is 2. The zero-order chi connectivity index (χ0) is 24.3. The van der Waals surface area contributed by atoms with Gasteiger partial charge < -0.3 is 4.74 Å². The van der Waals surface area contributed by atoms with Gasteiger partial charge in [-0.1, -0.05) is 29.8 Å². The molecular weight excluding hydrogens is 473 g/mol. The topological polar surface area (TPSA) is 127 Å². The second-order valence-electron chi connectivity index (χ2n) is 7.57. The first-order valence-electron chi connectivity index (χ1n) is 9.91. The number of nitrogens with zero attached hydrogens (tertiary/aromatic N) is 3. The molecule has 0 bridgehead atoms. The summed E-state index contributed by atoms with van der Waals surface area (Å²) in [7, 11) is -3.04. The van der Waals surface area contributed by atoms with Crippen LogP contribution in [0.4, 0.5) is 4.39 Å². The number of sulfonamides is 1. The number of aromatic nitrogens is 4. The first kappa shape index (κ1) is 24.7. The summed E-state index contributed by atoms with van der Waals surface area (Å²) < 4.78 is 48.9. The van der Waals surface area contributed by atoms with Gasteiger partial charge in [-0.25, -0.2) is 12.8 Å².